The number of aromatic nitrogens is 4. The van der Waals surface area contributed by atoms with Gasteiger partial charge in [-0.1, -0.05) is 30.3 Å². The second kappa shape index (κ2) is 7.55. The summed E-state index contributed by atoms with van der Waals surface area (Å²) in [6.07, 6.45) is 2.25. The monoisotopic (exact) mass is 390 g/mol. The summed E-state index contributed by atoms with van der Waals surface area (Å²) in [6.45, 7) is 0. The van der Waals surface area contributed by atoms with Gasteiger partial charge < -0.3 is 9.64 Å². The van der Waals surface area contributed by atoms with Crippen LogP contribution in [0.4, 0.5) is 17.3 Å². The molecule has 0 amide bonds. The van der Waals surface area contributed by atoms with Crippen LogP contribution in [0.3, 0.4) is 0 Å². The summed E-state index contributed by atoms with van der Waals surface area (Å²) in [5.74, 6) is 0.563. The lowest BCUT2D eigenvalue weighted by atomic mass is 10.1. The molecule has 29 heavy (non-hydrogen) atoms. The molecule has 9 heteroatoms. The predicted octanol–water partition coefficient (Wildman–Crippen LogP) is 3.40. The first kappa shape index (κ1) is 18.4. The summed E-state index contributed by atoms with van der Waals surface area (Å²) in [5, 5.41) is 15.3. The lowest BCUT2D eigenvalue weighted by Gasteiger charge is -2.19. The van der Waals surface area contributed by atoms with Crippen molar-refractivity contribution in [2.24, 2.45) is 0 Å². The van der Waals surface area contributed by atoms with Gasteiger partial charge in [0.25, 0.3) is 5.69 Å². The largest absolute Gasteiger partial charge is 0.467 e. The molecule has 0 spiro atoms. The molecular weight excluding hydrogens is 372 g/mol. The van der Waals surface area contributed by atoms with Gasteiger partial charge in [0.1, 0.15) is 0 Å². The van der Waals surface area contributed by atoms with Gasteiger partial charge in [0.15, 0.2) is 5.65 Å². The van der Waals surface area contributed by atoms with Crippen molar-refractivity contribution in [2.45, 2.75) is 6.42 Å². The molecule has 0 unspecified atom stereocenters. The number of hydrogen-bond acceptors (Lipinski definition) is 7. The molecule has 4 rings (SSSR count). The molecule has 0 aliphatic heterocycles. The van der Waals surface area contributed by atoms with E-state index in [-0.39, 0.29) is 11.7 Å². The Labute approximate surface area is 166 Å². The second-order valence-electron chi connectivity index (χ2n) is 6.41. The zero-order chi connectivity index (χ0) is 20.4. The highest BCUT2D eigenvalue weighted by Gasteiger charge is 2.18. The van der Waals surface area contributed by atoms with Gasteiger partial charge in [0, 0.05) is 36.9 Å². The zero-order valence-electron chi connectivity index (χ0n) is 15.9. The number of fused-ring (bicyclic) bond motifs is 1. The molecular formula is C20H18N6O3. The quantitative estimate of drug-likeness (QED) is 0.367. The van der Waals surface area contributed by atoms with E-state index >= 15 is 0 Å². The first-order valence-corrected chi connectivity index (χ1v) is 8.87. The van der Waals surface area contributed by atoms with E-state index in [1.54, 1.807) is 22.8 Å². The van der Waals surface area contributed by atoms with Crippen LogP contribution in [0.1, 0.15) is 11.1 Å². The van der Waals surface area contributed by atoms with Gasteiger partial charge in [-0.3, -0.25) is 10.1 Å². The molecule has 9 nitrogen and oxygen atoms in total. The lowest BCUT2D eigenvalue weighted by molar-refractivity contribution is -0.384. The molecule has 4 aromatic rings. The SMILES string of the molecule is COc1nc(N(C)c2ccccc2)n2ncc(Cc3ccc([N+](=O)[O-])cc3)c2n1. The Morgan fingerprint density at radius 3 is 2.48 bits per heavy atom. The van der Waals surface area contributed by atoms with E-state index in [2.05, 4.69) is 15.1 Å². The van der Waals surface area contributed by atoms with Crippen LogP contribution in [-0.2, 0) is 6.42 Å². The average molecular weight is 390 g/mol. The van der Waals surface area contributed by atoms with Gasteiger partial charge in [0.2, 0.25) is 5.95 Å². The van der Waals surface area contributed by atoms with Crippen molar-refractivity contribution in [1.29, 1.82) is 0 Å². The number of rotatable bonds is 6. The van der Waals surface area contributed by atoms with E-state index in [9.17, 15) is 10.1 Å². The molecule has 0 fully saturated rings. The van der Waals surface area contributed by atoms with Gasteiger partial charge >= 0.3 is 6.01 Å². The summed E-state index contributed by atoms with van der Waals surface area (Å²) in [5.41, 5.74) is 3.41. The molecule has 0 atom stereocenters. The minimum absolute atomic E-state index is 0.0596. The van der Waals surface area contributed by atoms with Crippen molar-refractivity contribution >= 4 is 23.0 Å². The van der Waals surface area contributed by atoms with E-state index in [1.807, 2.05) is 42.3 Å². The number of anilines is 2. The molecule has 0 bridgehead atoms. The van der Waals surface area contributed by atoms with E-state index in [1.165, 1.54) is 19.2 Å². The van der Waals surface area contributed by atoms with Crippen LogP contribution >= 0.6 is 0 Å². The zero-order valence-corrected chi connectivity index (χ0v) is 15.9. The summed E-state index contributed by atoms with van der Waals surface area (Å²) in [6, 6.07) is 16.5. The van der Waals surface area contributed by atoms with Crippen LogP contribution in [0.25, 0.3) is 5.65 Å². The number of para-hydroxylation sites is 1. The van der Waals surface area contributed by atoms with Gasteiger partial charge in [-0.2, -0.15) is 19.6 Å². The third kappa shape index (κ3) is 3.57. The first-order chi connectivity index (χ1) is 14.1. The van der Waals surface area contributed by atoms with Crippen LogP contribution in [0, 0.1) is 10.1 Å². The molecule has 0 N–H and O–H groups in total. The van der Waals surface area contributed by atoms with Crippen LogP contribution in [0.2, 0.25) is 0 Å². The minimum Gasteiger partial charge on any atom is -0.467 e. The van der Waals surface area contributed by atoms with Crippen molar-refractivity contribution in [3.8, 4) is 6.01 Å². The number of nitrogens with zero attached hydrogens (tertiary/aromatic N) is 6. The van der Waals surface area contributed by atoms with Crippen molar-refractivity contribution in [3.05, 3.63) is 82.0 Å². The number of benzene rings is 2. The molecule has 0 radical (unpaired) electrons. The van der Waals surface area contributed by atoms with Gasteiger partial charge in [0.05, 0.1) is 18.2 Å². The fourth-order valence-electron chi connectivity index (χ4n) is 3.05. The molecule has 146 valence electrons. The Kier molecular flexibility index (Phi) is 4.78. The fourth-order valence-corrected chi connectivity index (χ4v) is 3.05. The molecule has 0 aliphatic rings. The number of nitro benzene ring substituents is 1. The van der Waals surface area contributed by atoms with Crippen molar-refractivity contribution in [2.75, 3.05) is 19.1 Å². The highest BCUT2D eigenvalue weighted by molar-refractivity contribution is 5.61. The van der Waals surface area contributed by atoms with Crippen LogP contribution in [0.15, 0.2) is 60.8 Å². The molecule has 0 aliphatic carbocycles. The number of methoxy groups -OCH3 is 1. The first-order valence-electron chi connectivity index (χ1n) is 8.87. The molecule has 0 saturated carbocycles. The maximum atomic E-state index is 10.8. The molecule has 2 heterocycles. The van der Waals surface area contributed by atoms with Crippen LogP contribution in [-0.4, -0.2) is 38.7 Å². The normalized spacial score (nSPS) is 10.8. The average Bonchev–Trinajstić information content (AvgIpc) is 3.16. The maximum absolute atomic E-state index is 10.8. The van der Waals surface area contributed by atoms with Gasteiger partial charge in [-0.25, -0.2) is 0 Å². The third-order valence-electron chi connectivity index (χ3n) is 4.57. The van der Waals surface area contributed by atoms with Crippen LogP contribution < -0.4 is 9.64 Å². The summed E-state index contributed by atoms with van der Waals surface area (Å²) in [4.78, 5) is 21.3. The fraction of sp³-hybridized carbons (Fsp3) is 0.150. The minimum atomic E-state index is -0.414. The Hall–Kier alpha value is -4.01. The molecule has 0 saturated heterocycles. The third-order valence-corrected chi connectivity index (χ3v) is 4.57. The topological polar surface area (TPSA) is 98.7 Å². The van der Waals surface area contributed by atoms with E-state index < -0.39 is 4.92 Å². The highest BCUT2D eigenvalue weighted by atomic mass is 16.6. The molecule has 2 aromatic carbocycles. The Morgan fingerprint density at radius 2 is 1.83 bits per heavy atom. The van der Waals surface area contributed by atoms with E-state index in [0.29, 0.717) is 18.0 Å². The highest BCUT2D eigenvalue weighted by Crippen LogP contribution is 2.26. The summed E-state index contributed by atoms with van der Waals surface area (Å²) < 4.78 is 6.96. The molecule has 2 aromatic heterocycles. The van der Waals surface area contributed by atoms with Gasteiger partial charge in [-0.05, 0) is 17.7 Å². The number of nitro groups is 1. The lowest BCUT2D eigenvalue weighted by Crippen LogP contribution is -2.17. The maximum Gasteiger partial charge on any atom is 0.321 e. The summed E-state index contributed by atoms with van der Waals surface area (Å²) in [7, 11) is 3.42. The Morgan fingerprint density at radius 1 is 1.10 bits per heavy atom. The van der Waals surface area contributed by atoms with Crippen molar-refractivity contribution in [1.82, 2.24) is 19.6 Å². The second-order valence-corrected chi connectivity index (χ2v) is 6.41. The number of non-ortho nitro benzene ring substituents is 1. The number of ether oxygens (including phenoxy) is 1. The Bertz CT molecular complexity index is 1160. The van der Waals surface area contributed by atoms with Crippen molar-refractivity contribution < 1.29 is 9.66 Å². The Balaban J connectivity index is 1.74. The summed E-state index contributed by atoms with van der Waals surface area (Å²) >= 11 is 0. The number of hydrogen-bond donors (Lipinski definition) is 0. The predicted molar refractivity (Wildman–Crippen MR) is 108 cm³/mol. The van der Waals surface area contributed by atoms with Crippen LogP contribution in [0.5, 0.6) is 6.01 Å². The van der Waals surface area contributed by atoms with Crippen molar-refractivity contribution in [3.63, 3.8) is 0 Å². The van der Waals surface area contributed by atoms with E-state index in [0.717, 1.165) is 16.8 Å². The standard InChI is InChI=1S/C20H18N6O3/c1-24(16-6-4-3-5-7-16)20-23-19(29-2)22-18-15(13-21-25(18)20)12-14-8-10-17(11-9-14)26(27)28/h3-11,13H,12H2,1-2H3. The van der Waals surface area contributed by atoms with Gasteiger partial charge in [-0.15, -0.1) is 0 Å². The smallest absolute Gasteiger partial charge is 0.321 e. The van der Waals surface area contributed by atoms with E-state index in [4.69, 9.17) is 4.74 Å².